The monoisotopic (exact) mass is 250 g/mol. The average Bonchev–Trinajstić information content (AvgIpc) is 2.16. The lowest BCUT2D eigenvalue weighted by molar-refractivity contribution is -0.139. The van der Waals surface area contributed by atoms with Crippen molar-refractivity contribution in [1.82, 2.24) is 12.3 Å². The van der Waals surface area contributed by atoms with Crippen LogP contribution in [0.3, 0.4) is 0 Å². The van der Waals surface area contributed by atoms with Gasteiger partial charge in [0.1, 0.15) is 0 Å². The Labute approximate surface area is 98.7 Å². The second-order valence-electron chi connectivity index (χ2n) is 2.21. The number of aliphatic carboxylic acids is 2. The molecule has 8 heteroatoms. The summed E-state index contributed by atoms with van der Waals surface area (Å²) < 4.78 is 4.14. The van der Waals surface area contributed by atoms with Gasteiger partial charge in [-0.05, 0) is 0 Å². The SMILES string of the molecule is C=C(CC(=O)O)C(=O)O.C=CC(=O)OC.N.N. The fourth-order valence-corrected chi connectivity index (χ4v) is 0.341. The Kier molecular flexibility index (Phi) is 19.6. The molecule has 0 spiro atoms. The highest BCUT2D eigenvalue weighted by molar-refractivity contribution is 5.91. The molecule has 0 aliphatic rings. The molecule has 0 aromatic carbocycles. The van der Waals surface area contributed by atoms with Crippen LogP contribution in [0, 0.1) is 0 Å². The zero-order chi connectivity index (χ0) is 12.4. The van der Waals surface area contributed by atoms with Crippen LogP contribution in [0.4, 0.5) is 0 Å². The highest BCUT2D eigenvalue weighted by atomic mass is 16.5. The topological polar surface area (TPSA) is 171 Å². The van der Waals surface area contributed by atoms with E-state index in [0.717, 1.165) is 6.08 Å². The van der Waals surface area contributed by atoms with E-state index in [9.17, 15) is 14.4 Å². The molecule has 0 rings (SSSR count). The second kappa shape index (κ2) is 13.8. The fraction of sp³-hybridized carbons (Fsp3) is 0.222. The van der Waals surface area contributed by atoms with Gasteiger partial charge in [0, 0.05) is 11.6 Å². The maximum atomic E-state index is 9.87. The average molecular weight is 250 g/mol. The summed E-state index contributed by atoms with van der Waals surface area (Å²) in [5.41, 5.74) is -0.303. The minimum absolute atomic E-state index is 0. The number of hydrogen-bond acceptors (Lipinski definition) is 6. The van der Waals surface area contributed by atoms with Gasteiger partial charge in [0.25, 0.3) is 0 Å². The van der Waals surface area contributed by atoms with E-state index in [4.69, 9.17) is 10.2 Å². The van der Waals surface area contributed by atoms with Crippen LogP contribution in [0.15, 0.2) is 24.8 Å². The van der Waals surface area contributed by atoms with E-state index in [1.165, 1.54) is 7.11 Å². The lowest BCUT2D eigenvalue weighted by atomic mass is 10.2. The van der Waals surface area contributed by atoms with E-state index >= 15 is 0 Å². The van der Waals surface area contributed by atoms with E-state index < -0.39 is 24.3 Å². The third-order valence-electron chi connectivity index (χ3n) is 1.03. The minimum atomic E-state index is -1.27. The largest absolute Gasteiger partial charge is 0.481 e. The number of esters is 1. The van der Waals surface area contributed by atoms with Gasteiger partial charge in [-0.25, -0.2) is 9.59 Å². The van der Waals surface area contributed by atoms with Crippen LogP contribution < -0.4 is 12.3 Å². The zero-order valence-electron chi connectivity index (χ0n) is 9.64. The Morgan fingerprint density at radius 2 is 1.65 bits per heavy atom. The van der Waals surface area contributed by atoms with Gasteiger partial charge in [0.15, 0.2) is 0 Å². The molecule has 0 saturated carbocycles. The Morgan fingerprint density at radius 1 is 1.24 bits per heavy atom. The number of ether oxygens (including phenoxy) is 1. The van der Waals surface area contributed by atoms with Crippen LogP contribution in [0.25, 0.3) is 0 Å². The Morgan fingerprint density at radius 3 is 1.71 bits per heavy atom. The molecule has 0 aliphatic carbocycles. The van der Waals surface area contributed by atoms with Crippen molar-refractivity contribution in [3.63, 3.8) is 0 Å². The third-order valence-corrected chi connectivity index (χ3v) is 1.03. The second-order valence-corrected chi connectivity index (χ2v) is 2.21. The fourth-order valence-electron chi connectivity index (χ4n) is 0.341. The van der Waals surface area contributed by atoms with E-state index in [1.54, 1.807) is 0 Å². The first-order valence-corrected chi connectivity index (χ1v) is 3.68. The van der Waals surface area contributed by atoms with Crippen molar-refractivity contribution in [2.75, 3.05) is 7.11 Å². The molecule has 8 N–H and O–H groups in total. The third kappa shape index (κ3) is 20.0. The van der Waals surface area contributed by atoms with Crippen molar-refractivity contribution in [1.29, 1.82) is 0 Å². The van der Waals surface area contributed by atoms with Crippen LogP contribution in [0.2, 0.25) is 0 Å². The van der Waals surface area contributed by atoms with Crippen molar-refractivity contribution < 1.29 is 29.3 Å². The van der Waals surface area contributed by atoms with Gasteiger partial charge in [0.05, 0.1) is 13.5 Å². The summed E-state index contributed by atoms with van der Waals surface area (Å²) in [6, 6.07) is 0. The molecule has 0 saturated heterocycles. The number of carbonyl (C=O) groups excluding carboxylic acids is 1. The van der Waals surface area contributed by atoms with Crippen molar-refractivity contribution in [3.8, 4) is 0 Å². The maximum Gasteiger partial charge on any atom is 0.331 e. The highest BCUT2D eigenvalue weighted by Gasteiger charge is 2.07. The summed E-state index contributed by atoms with van der Waals surface area (Å²) in [6.45, 7) is 6.17. The molecule has 0 aliphatic heterocycles. The first-order chi connectivity index (χ1) is 6.84. The molecular weight excluding hydrogens is 232 g/mol. The predicted molar refractivity (Wildman–Crippen MR) is 61.3 cm³/mol. The summed E-state index contributed by atoms with van der Waals surface area (Å²) in [5, 5.41) is 16.1. The van der Waals surface area contributed by atoms with E-state index in [0.29, 0.717) is 0 Å². The van der Waals surface area contributed by atoms with Gasteiger partial charge in [-0.3, -0.25) is 4.79 Å². The molecule has 0 atom stereocenters. The molecule has 0 radical (unpaired) electrons. The lowest BCUT2D eigenvalue weighted by Crippen LogP contribution is -2.04. The molecule has 0 fully saturated rings. The van der Waals surface area contributed by atoms with Crippen LogP contribution in [-0.4, -0.2) is 35.2 Å². The zero-order valence-corrected chi connectivity index (χ0v) is 9.64. The number of methoxy groups -OCH3 is 1. The van der Waals surface area contributed by atoms with Gasteiger partial charge >= 0.3 is 17.9 Å². The first kappa shape index (κ1) is 24.2. The Hall–Kier alpha value is -2.19. The molecular formula is C9H18N2O6. The van der Waals surface area contributed by atoms with E-state index in [2.05, 4.69) is 17.9 Å². The summed E-state index contributed by atoms with van der Waals surface area (Å²) in [4.78, 5) is 29.5. The van der Waals surface area contributed by atoms with Crippen LogP contribution in [0.5, 0.6) is 0 Å². The van der Waals surface area contributed by atoms with Gasteiger partial charge < -0.3 is 27.3 Å². The normalized spacial score (nSPS) is 6.88. The van der Waals surface area contributed by atoms with Crippen molar-refractivity contribution in [2.24, 2.45) is 0 Å². The summed E-state index contributed by atoms with van der Waals surface area (Å²) >= 11 is 0. The lowest BCUT2D eigenvalue weighted by Gasteiger charge is -1.91. The standard InChI is InChI=1S/C5H6O4.C4H6O2.2H3N/c1-3(5(8)9)2-4(6)7;1-3-4(5)6-2;;/h1-2H2,(H,6,7)(H,8,9);3H,1H2,2H3;2*1H3. The van der Waals surface area contributed by atoms with Crippen molar-refractivity contribution in [2.45, 2.75) is 6.42 Å². The minimum Gasteiger partial charge on any atom is -0.481 e. The quantitative estimate of drug-likeness (QED) is 0.418. The predicted octanol–water partition coefficient (Wildman–Crippen LogP) is 0.771. The van der Waals surface area contributed by atoms with Gasteiger partial charge in [-0.2, -0.15) is 0 Å². The van der Waals surface area contributed by atoms with Gasteiger partial charge in [-0.15, -0.1) is 0 Å². The molecule has 17 heavy (non-hydrogen) atoms. The van der Waals surface area contributed by atoms with Crippen LogP contribution >= 0.6 is 0 Å². The van der Waals surface area contributed by atoms with Gasteiger partial charge in [0.2, 0.25) is 0 Å². The molecule has 8 nitrogen and oxygen atoms in total. The molecule has 0 unspecified atom stereocenters. The summed E-state index contributed by atoms with van der Waals surface area (Å²) in [7, 11) is 1.31. The number of carboxylic acids is 2. The summed E-state index contributed by atoms with van der Waals surface area (Å²) in [5.74, 6) is -2.84. The number of carbonyl (C=O) groups is 3. The Balaban J connectivity index is -0.0000000945. The number of carboxylic acid groups (broad SMARTS) is 2. The maximum absolute atomic E-state index is 9.87. The number of rotatable bonds is 4. The summed E-state index contributed by atoms with van der Waals surface area (Å²) in [6.07, 6.45) is 0.606. The van der Waals surface area contributed by atoms with E-state index in [1.807, 2.05) is 0 Å². The van der Waals surface area contributed by atoms with Crippen LogP contribution in [-0.2, 0) is 19.1 Å². The molecule has 0 aromatic rings. The molecule has 100 valence electrons. The Bertz CT molecular complexity index is 287. The molecule has 0 bridgehead atoms. The van der Waals surface area contributed by atoms with Crippen LogP contribution in [0.1, 0.15) is 6.42 Å². The molecule has 0 amide bonds. The highest BCUT2D eigenvalue weighted by Crippen LogP contribution is 1.95. The molecule has 0 aromatic heterocycles. The molecule has 0 heterocycles. The first-order valence-electron chi connectivity index (χ1n) is 3.68. The smallest absolute Gasteiger partial charge is 0.331 e. The van der Waals surface area contributed by atoms with E-state index in [-0.39, 0.29) is 17.9 Å². The van der Waals surface area contributed by atoms with Crippen molar-refractivity contribution >= 4 is 17.9 Å². The van der Waals surface area contributed by atoms with Gasteiger partial charge in [-0.1, -0.05) is 13.2 Å². The van der Waals surface area contributed by atoms with Crippen molar-refractivity contribution in [3.05, 3.63) is 24.8 Å². The number of hydrogen-bond donors (Lipinski definition) is 4.